The van der Waals surface area contributed by atoms with E-state index in [1.807, 2.05) is 30.3 Å². The summed E-state index contributed by atoms with van der Waals surface area (Å²) in [6.07, 6.45) is 3.04. The number of fused-ring (bicyclic) bond motifs is 1. The van der Waals surface area contributed by atoms with Crippen molar-refractivity contribution in [1.29, 1.82) is 0 Å². The maximum atomic E-state index is 12.3. The number of ether oxygens (including phenoxy) is 2. The summed E-state index contributed by atoms with van der Waals surface area (Å²) in [5, 5.41) is 0.876. The van der Waals surface area contributed by atoms with Gasteiger partial charge < -0.3 is 13.9 Å². The van der Waals surface area contributed by atoms with Crippen LogP contribution in [-0.2, 0) is 9.53 Å². The van der Waals surface area contributed by atoms with Gasteiger partial charge in [0.2, 0.25) is 5.78 Å². The van der Waals surface area contributed by atoms with E-state index in [0.717, 1.165) is 5.39 Å². The van der Waals surface area contributed by atoms with Crippen molar-refractivity contribution in [3.8, 4) is 5.75 Å². The number of hydrogen-bond acceptors (Lipinski definition) is 5. The molecule has 0 atom stereocenters. The molecule has 0 spiro atoms. The molecule has 5 heteroatoms. The summed E-state index contributed by atoms with van der Waals surface area (Å²) in [4.78, 5) is 23.5. The number of carbonyl (C=O) groups excluding carboxylic acids is 2. The van der Waals surface area contributed by atoms with Crippen molar-refractivity contribution in [3.05, 3.63) is 72.0 Å². The van der Waals surface area contributed by atoms with Gasteiger partial charge in [0.1, 0.15) is 11.3 Å². The zero-order chi connectivity index (χ0) is 17.6. The number of benzene rings is 2. The van der Waals surface area contributed by atoms with E-state index >= 15 is 0 Å². The Kier molecular flexibility index (Phi) is 4.95. The van der Waals surface area contributed by atoms with Gasteiger partial charge in [0.15, 0.2) is 12.4 Å². The molecule has 0 radical (unpaired) electrons. The molecule has 3 aromatic rings. The fraction of sp³-hybridized carbons (Fsp3) is 0.100. The minimum Gasteiger partial charge on any atom is -0.481 e. The van der Waals surface area contributed by atoms with Gasteiger partial charge in [-0.15, -0.1) is 0 Å². The van der Waals surface area contributed by atoms with Crippen molar-refractivity contribution in [2.75, 3.05) is 13.7 Å². The topological polar surface area (TPSA) is 65.7 Å². The Morgan fingerprint density at radius 1 is 1.08 bits per heavy atom. The van der Waals surface area contributed by atoms with Crippen molar-refractivity contribution in [2.45, 2.75) is 0 Å². The van der Waals surface area contributed by atoms with Gasteiger partial charge in [-0.2, -0.15) is 0 Å². The largest absolute Gasteiger partial charge is 0.481 e. The maximum absolute atomic E-state index is 12.3. The summed E-state index contributed by atoms with van der Waals surface area (Å²) in [5.74, 6) is 0.0306. The molecule has 0 saturated heterocycles. The number of rotatable bonds is 6. The van der Waals surface area contributed by atoms with E-state index in [1.54, 1.807) is 30.3 Å². The Hall–Kier alpha value is -3.34. The van der Waals surface area contributed by atoms with Gasteiger partial charge in [0.05, 0.1) is 7.11 Å². The predicted molar refractivity (Wildman–Crippen MR) is 93.5 cm³/mol. The molecule has 1 heterocycles. The van der Waals surface area contributed by atoms with E-state index in [0.29, 0.717) is 16.9 Å². The fourth-order valence-corrected chi connectivity index (χ4v) is 2.30. The molecule has 126 valence electrons. The first-order valence-corrected chi connectivity index (χ1v) is 7.67. The monoisotopic (exact) mass is 336 g/mol. The minimum atomic E-state index is -0.475. The molecule has 1 aromatic heterocycles. The highest BCUT2D eigenvalue weighted by Gasteiger charge is 2.10. The number of allylic oxidation sites excluding steroid dienone is 1. The first kappa shape index (κ1) is 16.5. The van der Waals surface area contributed by atoms with Gasteiger partial charge in [0, 0.05) is 10.9 Å². The van der Waals surface area contributed by atoms with Gasteiger partial charge >= 0.3 is 5.97 Å². The van der Waals surface area contributed by atoms with E-state index < -0.39 is 5.97 Å². The molecule has 0 bridgehead atoms. The Labute approximate surface area is 144 Å². The first-order chi connectivity index (χ1) is 12.2. The Morgan fingerprint density at radius 3 is 2.64 bits per heavy atom. The molecule has 0 unspecified atom stereocenters. The second kappa shape index (κ2) is 7.49. The second-order valence-electron chi connectivity index (χ2n) is 5.25. The number of esters is 1. The van der Waals surface area contributed by atoms with Gasteiger partial charge in [-0.3, -0.25) is 4.79 Å². The third-order valence-corrected chi connectivity index (χ3v) is 3.57. The molecule has 0 amide bonds. The van der Waals surface area contributed by atoms with E-state index in [4.69, 9.17) is 9.15 Å². The predicted octanol–water partition coefficient (Wildman–Crippen LogP) is 3.88. The summed E-state index contributed by atoms with van der Waals surface area (Å²) in [6, 6.07) is 16.2. The highest BCUT2D eigenvalue weighted by molar-refractivity contribution is 6.07. The molecule has 0 aliphatic rings. The van der Waals surface area contributed by atoms with Crippen LogP contribution in [0.2, 0.25) is 0 Å². The van der Waals surface area contributed by atoms with Gasteiger partial charge in [0.25, 0.3) is 0 Å². The lowest BCUT2D eigenvalue weighted by atomic mass is 10.1. The minimum absolute atomic E-state index is 0.196. The quantitative estimate of drug-likeness (QED) is 0.388. The summed E-state index contributed by atoms with van der Waals surface area (Å²) in [7, 11) is 1.30. The van der Waals surface area contributed by atoms with Crippen LogP contribution < -0.4 is 4.74 Å². The number of methoxy groups -OCH3 is 1. The van der Waals surface area contributed by atoms with Crippen LogP contribution in [0.4, 0.5) is 0 Å². The molecule has 0 aliphatic heterocycles. The smallest absolute Gasteiger partial charge is 0.343 e. The second-order valence-corrected chi connectivity index (χ2v) is 5.25. The van der Waals surface area contributed by atoms with Crippen molar-refractivity contribution < 1.29 is 23.5 Å². The molecular weight excluding hydrogens is 320 g/mol. The van der Waals surface area contributed by atoms with E-state index in [-0.39, 0.29) is 18.2 Å². The summed E-state index contributed by atoms with van der Waals surface area (Å²) in [6.45, 7) is -0.196. The Balaban J connectivity index is 1.77. The zero-order valence-electron chi connectivity index (χ0n) is 13.6. The lowest BCUT2D eigenvalue weighted by Crippen LogP contribution is -2.12. The number of carbonyl (C=O) groups is 2. The molecule has 0 aliphatic carbocycles. The van der Waals surface area contributed by atoms with Crippen molar-refractivity contribution in [3.63, 3.8) is 0 Å². The van der Waals surface area contributed by atoms with Crippen LogP contribution in [0, 0.1) is 0 Å². The number of para-hydroxylation sites is 2. The molecular formula is C20H16O5. The average Bonchev–Trinajstić information content (AvgIpc) is 3.09. The van der Waals surface area contributed by atoms with E-state index in [2.05, 4.69) is 4.74 Å². The molecule has 0 fully saturated rings. The summed E-state index contributed by atoms with van der Waals surface area (Å²) in [5.41, 5.74) is 1.34. The van der Waals surface area contributed by atoms with Crippen LogP contribution in [0.25, 0.3) is 17.0 Å². The van der Waals surface area contributed by atoms with E-state index in [9.17, 15) is 9.59 Å². The fourth-order valence-electron chi connectivity index (χ4n) is 2.30. The third kappa shape index (κ3) is 3.95. The van der Waals surface area contributed by atoms with Gasteiger partial charge in [-0.1, -0.05) is 36.4 Å². The van der Waals surface area contributed by atoms with Crippen LogP contribution in [0.15, 0.2) is 65.1 Å². The highest BCUT2D eigenvalue weighted by Crippen LogP contribution is 2.22. The molecule has 2 aromatic carbocycles. The summed E-state index contributed by atoms with van der Waals surface area (Å²) >= 11 is 0. The number of hydrogen-bond donors (Lipinski definition) is 0. The van der Waals surface area contributed by atoms with Crippen LogP contribution in [-0.4, -0.2) is 25.5 Å². The average molecular weight is 336 g/mol. The van der Waals surface area contributed by atoms with E-state index in [1.165, 1.54) is 13.2 Å². The van der Waals surface area contributed by atoms with Gasteiger partial charge in [-0.05, 0) is 30.4 Å². The summed E-state index contributed by atoms with van der Waals surface area (Å²) < 4.78 is 15.5. The third-order valence-electron chi connectivity index (χ3n) is 3.57. The Bertz CT molecular complexity index is 903. The SMILES string of the molecule is COC(=O)COc1ccccc1/C=C/C(=O)c1cc2ccccc2o1. The zero-order valence-corrected chi connectivity index (χ0v) is 13.6. The van der Waals surface area contributed by atoms with Crippen LogP contribution in [0.5, 0.6) is 5.75 Å². The number of furan rings is 1. The van der Waals surface area contributed by atoms with Crippen molar-refractivity contribution in [2.24, 2.45) is 0 Å². The molecule has 0 saturated carbocycles. The van der Waals surface area contributed by atoms with Crippen LogP contribution in [0.1, 0.15) is 16.1 Å². The van der Waals surface area contributed by atoms with Crippen molar-refractivity contribution >= 4 is 28.8 Å². The number of ketones is 1. The van der Waals surface area contributed by atoms with Crippen LogP contribution in [0.3, 0.4) is 0 Å². The van der Waals surface area contributed by atoms with Gasteiger partial charge in [-0.25, -0.2) is 4.79 Å². The standard InChI is InChI=1S/C20H16O5/c1-23-20(22)13-24-17-8-4-2-6-14(17)10-11-16(21)19-12-15-7-3-5-9-18(15)25-19/h2-12H,13H2,1H3/b11-10+. The molecule has 3 rings (SSSR count). The normalized spacial score (nSPS) is 10.9. The van der Waals surface area contributed by atoms with Crippen LogP contribution >= 0.6 is 0 Å². The lowest BCUT2D eigenvalue weighted by Gasteiger charge is -2.07. The maximum Gasteiger partial charge on any atom is 0.343 e. The Morgan fingerprint density at radius 2 is 1.84 bits per heavy atom. The highest BCUT2D eigenvalue weighted by atomic mass is 16.6. The molecule has 0 N–H and O–H groups in total. The van der Waals surface area contributed by atoms with Crippen molar-refractivity contribution in [1.82, 2.24) is 0 Å². The molecule has 25 heavy (non-hydrogen) atoms. The first-order valence-electron chi connectivity index (χ1n) is 7.67. The lowest BCUT2D eigenvalue weighted by molar-refractivity contribution is -0.142. The molecule has 5 nitrogen and oxygen atoms in total.